The van der Waals surface area contributed by atoms with Crippen molar-refractivity contribution in [1.29, 1.82) is 0 Å². The molecule has 6 aromatic carbocycles. The van der Waals surface area contributed by atoms with Crippen LogP contribution in [-0.4, -0.2) is 86.5 Å². The van der Waals surface area contributed by atoms with Crippen LogP contribution in [0.2, 0.25) is 65.5 Å². The van der Waals surface area contributed by atoms with Crippen LogP contribution in [0.4, 0.5) is 5.69 Å². The van der Waals surface area contributed by atoms with Gasteiger partial charge in [0.15, 0.2) is 26.6 Å². The molecule has 12 heteroatoms. The van der Waals surface area contributed by atoms with Gasteiger partial charge in [-0.1, -0.05) is 87.8 Å². The first-order valence-electron chi connectivity index (χ1n) is 18.5. The van der Waals surface area contributed by atoms with Crippen molar-refractivity contribution in [3.63, 3.8) is 0 Å². The van der Waals surface area contributed by atoms with Crippen LogP contribution < -0.4 is 13.5 Å². The van der Waals surface area contributed by atoms with E-state index in [1.807, 2.05) is 0 Å². The minimum absolute atomic E-state index is 0.142. The van der Waals surface area contributed by atoms with Crippen LogP contribution >= 0.6 is 0 Å². The van der Waals surface area contributed by atoms with Crippen LogP contribution in [0.1, 0.15) is 5.56 Å². The van der Waals surface area contributed by atoms with Crippen molar-refractivity contribution < 1.29 is 0 Å². The Morgan fingerprint density at radius 1 is 0.627 bits per heavy atom. The first-order valence-corrected chi connectivity index (χ1v) is 34.4. The van der Waals surface area contributed by atoms with Crippen molar-refractivity contribution in [2.75, 3.05) is 18.3 Å². The first kappa shape index (κ1) is 40.0. The molecule has 0 amide bonds. The lowest BCUT2D eigenvalue weighted by Gasteiger charge is -2.53. The molecule has 0 aromatic heterocycles. The third kappa shape index (κ3) is 9.12. The summed E-state index contributed by atoms with van der Waals surface area (Å²) in [5, 5.41) is 13.3. The van der Waals surface area contributed by atoms with E-state index in [1.165, 1.54) is 65.1 Å². The second-order valence-corrected chi connectivity index (χ2v) is 44.3. The molecule has 1 fully saturated rings. The summed E-state index contributed by atoms with van der Waals surface area (Å²) in [5.41, 5.74) is 2.81. The zero-order chi connectivity index (χ0) is 37.7. The van der Waals surface area contributed by atoms with Crippen LogP contribution in [0.3, 0.4) is 0 Å². The molecule has 272 valence electrons. The molecule has 1 aliphatic heterocycles. The molecule has 1 heterocycles. The zero-order valence-corrected chi connectivity index (χ0v) is 43.5. The van der Waals surface area contributed by atoms with Gasteiger partial charge in [-0.25, -0.2) is 0 Å². The fourth-order valence-electron chi connectivity index (χ4n) is 7.70. The predicted molar refractivity (Wildman–Crippen MR) is 253 cm³/mol. The second kappa shape index (κ2) is 14.9. The molecule has 0 radical (unpaired) electrons. The summed E-state index contributed by atoms with van der Waals surface area (Å²) in [4.78, 5) is 0. The highest BCUT2D eigenvalue weighted by Crippen LogP contribution is 2.37. The highest BCUT2D eigenvalue weighted by molar-refractivity contribution is 6.96. The molecule has 0 saturated carbocycles. The maximum absolute atomic E-state index is 3.78. The van der Waals surface area contributed by atoms with Crippen molar-refractivity contribution in [2.45, 2.75) is 72.4 Å². The van der Waals surface area contributed by atoms with Gasteiger partial charge in [0.1, 0.15) is 16.5 Å². The largest absolute Gasteiger partial charge is 0.438 e. The predicted octanol–water partition coefficient (Wildman–Crippen LogP) is 7.23. The highest BCUT2D eigenvalue weighted by Gasteiger charge is 2.45. The minimum atomic E-state index is -1.21. The van der Waals surface area contributed by atoms with Crippen LogP contribution in [0.5, 0.6) is 0 Å². The number of fused-ring (bicyclic) bond motifs is 6. The summed E-state index contributed by atoms with van der Waals surface area (Å²) >= 11 is 0. The molecule has 51 heavy (non-hydrogen) atoms. The maximum Gasteiger partial charge on any atom is 0.188 e. The van der Waals surface area contributed by atoms with Crippen molar-refractivity contribution in [3.05, 3.63) is 90.5 Å². The number of aryl methyl sites for hydroxylation is 1. The Morgan fingerprint density at radius 2 is 1.08 bits per heavy atom. The SMILES string of the molecule is CN1[SiH2]N[Si](C)(C)N(C)[Si]1(C)C.C[Si](C)(C)N[Si](C)(C)C.Cc1ccc2cc3ccc4cc5cc6ccccc6cc5cc4c3cc2c1N([SiH3])[SiH3]. The molecular formula is C39H63N5Si7. The van der Waals surface area contributed by atoms with E-state index in [-0.39, 0.29) is 9.84 Å². The summed E-state index contributed by atoms with van der Waals surface area (Å²) in [6.07, 6.45) is 0. The van der Waals surface area contributed by atoms with E-state index in [1.54, 1.807) is 0 Å². The molecule has 5 nitrogen and oxygen atoms in total. The van der Waals surface area contributed by atoms with Gasteiger partial charge in [0.05, 0.1) is 20.8 Å². The Labute approximate surface area is 320 Å². The van der Waals surface area contributed by atoms with Crippen molar-refractivity contribution in [3.8, 4) is 0 Å². The lowest BCUT2D eigenvalue weighted by atomic mass is 9.94. The van der Waals surface area contributed by atoms with Crippen LogP contribution in [0.15, 0.2) is 84.9 Å². The monoisotopic (exact) mass is 797 g/mol. The summed E-state index contributed by atoms with van der Waals surface area (Å²) in [5.74, 6) is 0. The van der Waals surface area contributed by atoms with Gasteiger partial charge >= 0.3 is 0 Å². The minimum Gasteiger partial charge on any atom is -0.438 e. The molecule has 2 N–H and O–H groups in total. The highest BCUT2D eigenvalue weighted by atomic mass is 28.5. The van der Waals surface area contributed by atoms with Gasteiger partial charge < -0.3 is 22.0 Å². The van der Waals surface area contributed by atoms with Crippen LogP contribution in [0, 0.1) is 6.92 Å². The number of hydrogen-bond donors (Lipinski definition) is 2. The Morgan fingerprint density at radius 3 is 1.57 bits per heavy atom. The van der Waals surface area contributed by atoms with E-state index in [0.717, 1.165) is 20.8 Å². The summed E-state index contributed by atoms with van der Waals surface area (Å²) in [6.45, 7) is 26.1. The third-order valence-corrected chi connectivity index (χ3v) is 33.3. The molecule has 1 aliphatic rings. The standard InChI is InChI=1S/C27H23NSi2.C6H21N3Si3.C6H19NSi2/c1-16-6-7-21-12-19-8-9-20-13-22-10-17-4-2-3-5-18(17)11-23(22)14-24(20)25(19)15-26(21)27(16)28(29)30;1-8-10-7-11(3,4)9(2)12(8,5)6;1-8(2,3)7-9(4,5)6/h2-15H,1,29-30H3;7H,10H2,1-6H3;7H,1-6H3. The van der Waals surface area contributed by atoms with Crippen molar-refractivity contribution in [1.82, 2.24) is 17.8 Å². The fraction of sp³-hybridized carbons (Fsp3) is 0.333. The van der Waals surface area contributed by atoms with Gasteiger partial charge in [0, 0.05) is 11.1 Å². The Bertz CT molecular complexity index is 2200. The normalized spacial score (nSPS) is 17.2. The van der Waals surface area contributed by atoms with Gasteiger partial charge in [0.2, 0.25) is 0 Å². The van der Waals surface area contributed by atoms with E-state index < -0.39 is 33.3 Å². The molecule has 0 bridgehead atoms. The second-order valence-electron chi connectivity index (χ2n) is 17.9. The lowest BCUT2D eigenvalue weighted by molar-refractivity contribution is 0.600. The Hall–Kier alpha value is -2.22. The van der Waals surface area contributed by atoms with Gasteiger partial charge in [-0.2, -0.15) is 0 Å². The number of benzene rings is 6. The zero-order valence-electron chi connectivity index (χ0n) is 34.1. The van der Waals surface area contributed by atoms with Crippen molar-refractivity contribution >= 4 is 123 Å². The summed E-state index contributed by atoms with van der Waals surface area (Å²) < 4.78 is 15.3. The van der Waals surface area contributed by atoms with Gasteiger partial charge in [-0.05, 0) is 138 Å². The van der Waals surface area contributed by atoms with E-state index in [4.69, 9.17) is 0 Å². The fourth-order valence-corrected chi connectivity index (χ4v) is 31.9. The average Bonchev–Trinajstić information content (AvgIpc) is 3.02. The number of nitrogens with zero attached hydrogens (tertiary/aromatic N) is 3. The van der Waals surface area contributed by atoms with Gasteiger partial charge in [0.25, 0.3) is 0 Å². The van der Waals surface area contributed by atoms with Crippen LogP contribution in [-0.2, 0) is 0 Å². The molecular weight excluding hydrogens is 735 g/mol. The molecule has 0 unspecified atom stereocenters. The summed E-state index contributed by atoms with van der Waals surface area (Å²) in [6, 6.07) is 31.9. The van der Waals surface area contributed by atoms with Crippen LogP contribution in [0.25, 0.3) is 53.9 Å². The molecule has 0 spiro atoms. The molecule has 6 aromatic rings. The average molecular weight is 799 g/mol. The number of hydrogen-bond acceptors (Lipinski definition) is 5. The summed E-state index contributed by atoms with van der Waals surface area (Å²) in [7, 11) is 2.20. The van der Waals surface area contributed by atoms with Gasteiger partial charge in [-0.3, -0.25) is 0 Å². The van der Waals surface area contributed by atoms with Gasteiger partial charge in [-0.15, -0.1) is 0 Å². The van der Waals surface area contributed by atoms with E-state index >= 15 is 0 Å². The maximum atomic E-state index is 3.78. The third-order valence-electron chi connectivity index (χ3n) is 10.5. The smallest absolute Gasteiger partial charge is 0.188 e. The quantitative estimate of drug-likeness (QED) is 0.112. The number of nitrogens with one attached hydrogen (secondary N) is 2. The van der Waals surface area contributed by atoms with E-state index in [0.29, 0.717) is 0 Å². The molecule has 0 atom stereocenters. The number of rotatable bonds is 3. The molecule has 1 saturated heterocycles. The number of anilines is 1. The van der Waals surface area contributed by atoms with Crippen molar-refractivity contribution in [2.24, 2.45) is 0 Å². The Kier molecular flexibility index (Phi) is 11.7. The lowest BCUT2D eigenvalue weighted by Crippen LogP contribution is -2.79. The van der Waals surface area contributed by atoms with E-state index in [2.05, 4.69) is 193 Å². The van der Waals surface area contributed by atoms with E-state index in [9.17, 15) is 0 Å². The topological polar surface area (TPSA) is 33.8 Å². The Balaban J connectivity index is 0.000000198. The first-order chi connectivity index (χ1) is 23.6. The molecule has 7 rings (SSSR count). The molecule has 0 aliphatic carbocycles.